The molecular formula is C38H69N5O9. The number of methoxy groups -OCH3 is 2. The molecule has 14 heteroatoms. The number of carbonyl (C=O) groups is 7. The van der Waals surface area contributed by atoms with E-state index in [1.807, 2.05) is 0 Å². The molecule has 0 fully saturated rings. The molecule has 0 unspecified atom stereocenters. The molecular weight excluding hydrogens is 670 g/mol. The quantitative estimate of drug-likeness (QED) is 0.0465. The minimum atomic E-state index is -0.258. The zero-order chi connectivity index (χ0) is 38.5. The van der Waals surface area contributed by atoms with Crippen LogP contribution in [0.4, 0.5) is 0 Å². The Morgan fingerprint density at radius 3 is 0.712 bits per heavy atom. The van der Waals surface area contributed by atoms with Crippen LogP contribution < -0.4 is 26.6 Å². The average Bonchev–Trinajstić information content (AvgIpc) is 3.13. The summed E-state index contributed by atoms with van der Waals surface area (Å²) in [5.74, 6) is -0.356. The molecule has 0 aliphatic carbocycles. The molecule has 5 amide bonds. The van der Waals surface area contributed by atoms with Gasteiger partial charge in [0.15, 0.2) is 0 Å². The van der Waals surface area contributed by atoms with Crippen molar-refractivity contribution in [3.8, 4) is 0 Å². The van der Waals surface area contributed by atoms with Gasteiger partial charge < -0.3 is 36.1 Å². The number of ether oxygens (including phenoxy) is 2. The van der Waals surface area contributed by atoms with Crippen molar-refractivity contribution in [3.63, 3.8) is 0 Å². The molecule has 0 aromatic heterocycles. The van der Waals surface area contributed by atoms with Crippen molar-refractivity contribution in [2.75, 3.05) is 46.9 Å². The molecule has 300 valence electrons. The van der Waals surface area contributed by atoms with Gasteiger partial charge in [-0.15, -0.1) is 0 Å². The molecule has 0 atom stereocenters. The Hall–Kier alpha value is -3.71. The Bertz CT molecular complexity index is 1010. The molecule has 0 aliphatic rings. The molecule has 0 spiro atoms. The summed E-state index contributed by atoms with van der Waals surface area (Å²) >= 11 is 0. The first-order chi connectivity index (χ1) is 25.2. The topological polar surface area (TPSA) is 198 Å². The number of nitrogens with one attached hydrogen (secondary N) is 5. The van der Waals surface area contributed by atoms with Crippen molar-refractivity contribution in [2.45, 2.75) is 154 Å². The van der Waals surface area contributed by atoms with Gasteiger partial charge in [-0.05, 0) is 77.0 Å². The summed E-state index contributed by atoms with van der Waals surface area (Å²) in [4.78, 5) is 81.9. The van der Waals surface area contributed by atoms with Crippen LogP contribution in [0.1, 0.15) is 154 Å². The fraction of sp³-hybridized carbons (Fsp3) is 0.816. The van der Waals surface area contributed by atoms with Gasteiger partial charge in [0.05, 0.1) is 14.2 Å². The summed E-state index contributed by atoms with van der Waals surface area (Å²) < 4.78 is 9.17. The van der Waals surface area contributed by atoms with E-state index in [4.69, 9.17) is 0 Å². The Kier molecular flexibility index (Phi) is 33.1. The van der Waals surface area contributed by atoms with E-state index in [1.54, 1.807) is 0 Å². The summed E-state index contributed by atoms with van der Waals surface area (Å²) in [7, 11) is 2.73. The number of rotatable bonds is 35. The minimum Gasteiger partial charge on any atom is -0.469 e. The maximum Gasteiger partial charge on any atom is 0.305 e. The lowest BCUT2D eigenvalue weighted by molar-refractivity contribution is -0.141. The van der Waals surface area contributed by atoms with Crippen LogP contribution in [-0.2, 0) is 43.0 Å². The standard InChI is InChI=1S/C38H69N5O9/c1-51-37(49)25-12-7-19-31-42-35(47)23-10-5-17-29-40-33(45)21-8-3-15-27-39-32(44)20-9-4-16-28-41-34(46)22-11-6-18-30-43-36(48)24-13-14-26-38(50)52-2/h3-31H2,1-2H3,(H,39,44)(H,40,45)(H,41,46)(H,42,47)(H,43,48). The van der Waals surface area contributed by atoms with Crippen molar-refractivity contribution in [2.24, 2.45) is 0 Å². The van der Waals surface area contributed by atoms with E-state index in [-0.39, 0.29) is 41.5 Å². The number of unbranched alkanes of at least 4 members (excludes halogenated alkanes) is 11. The number of esters is 2. The van der Waals surface area contributed by atoms with Crippen LogP contribution >= 0.6 is 0 Å². The predicted molar refractivity (Wildman–Crippen MR) is 200 cm³/mol. The summed E-state index contributed by atoms with van der Waals surface area (Å²) in [6, 6.07) is 0. The molecule has 5 N–H and O–H groups in total. The van der Waals surface area contributed by atoms with Crippen LogP contribution in [0.25, 0.3) is 0 Å². The highest BCUT2D eigenvalue weighted by Crippen LogP contribution is 2.05. The molecule has 0 aromatic rings. The lowest BCUT2D eigenvalue weighted by atomic mass is 10.1. The third-order valence-corrected chi connectivity index (χ3v) is 8.48. The van der Waals surface area contributed by atoms with Crippen LogP contribution in [0.5, 0.6) is 0 Å². The molecule has 14 nitrogen and oxygen atoms in total. The van der Waals surface area contributed by atoms with E-state index in [0.717, 1.165) is 96.3 Å². The van der Waals surface area contributed by atoms with E-state index in [0.29, 0.717) is 90.5 Å². The molecule has 0 saturated heterocycles. The van der Waals surface area contributed by atoms with Crippen molar-refractivity contribution in [3.05, 3.63) is 0 Å². The molecule has 0 saturated carbocycles. The highest BCUT2D eigenvalue weighted by molar-refractivity contribution is 5.77. The van der Waals surface area contributed by atoms with Gasteiger partial charge >= 0.3 is 11.9 Å². The van der Waals surface area contributed by atoms with Gasteiger partial charge in [0.25, 0.3) is 0 Å². The van der Waals surface area contributed by atoms with Crippen LogP contribution in [-0.4, -0.2) is 88.4 Å². The zero-order valence-corrected chi connectivity index (χ0v) is 32.2. The maximum atomic E-state index is 12.1. The first-order valence-corrected chi connectivity index (χ1v) is 19.6. The van der Waals surface area contributed by atoms with Crippen LogP contribution in [0.3, 0.4) is 0 Å². The number of hydrogen-bond donors (Lipinski definition) is 5. The van der Waals surface area contributed by atoms with Crippen LogP contribution in [0, 0.1) is 0 Å². The van der Waals surface area contributed by atoms with Gasteiger partial charge in [-0.25, -0.2) is 0 Å². The summed E-state index contributed by atoms with van der Waals surface area (Å²) in [5, 5.41) is 14.6. The summed E-state index contributed by atoms with van der Waals surface area (Å²) in [6.07, 6.45) is 16.6. The average molecular weight is 740 g/mol. The van der Waals surface area contributed by atoms with E-state index in [2.05, 4.69) is 36.1 Å². The third kappa shape index (κ3) is 34.7. The highest BCUT2D eigenvalue weighted by Gasteiger charge is 2.07. The van der Waals surface area contributed by atoms with E-state index < -0.39 is 0 Å². The first-order valence-electron chi connectivity index (χ1n) is 19.6. The van der Waals surface area contributed by atoms with Gasteiger partial charge in [-0.1, -0.05) is 32.1 Å². The number of carbonyl (C=O) groups excluding carboxylic acids is 7. The fourth-order valence-corrected chi connectivity index (χ4v) is 5.26. The zero-order valence-electron chi connectivity index (χ0n) is 32.2. The summed E-state index contributed by atoms with van der Waals surface area (Å²) in [5.41, 5.74) is 0. The van der Waals surface area contributed by atoms with Crippen molar-refractivity contribution in [1.82, 2.24) is 26.6 Å². The largest absolute Gasteiger partial charge is 0.469 e. The monoisotopic (exact) mass is 740 g/mol. The van der Waals surface area contributed by atoms with Gasteiger partial charge in [-0.2, -0.15) is 0 Å². The Labute approximate surface area is 311 Å². The second-order valence-electron chi connectivity index (χ2n) is 13.2. The van der Waals surface area contributed by atoms with E-state index in [9.17, 15) is 33.6 Å². The molecule has 0 aromatic carbocycles. The Morgan fingerprint density at radius 1 is 0.288 bits per heavy atom. The van der Waals surface area contributed by atoms with Crippen molar-refractivity contribution < 1.29 is 43.0 Å². The Balaban J connectivity index is 3.47. The first kappa shape index (κ1) is 48.3. The predicted octanol–water partition coefficient (Wildman–Crippen LogP) is 4.28. The maximum absolute atomic E-state index is 12.1. The van der Waals surface area contributed by atoms with Gasteiger partial charge in [0.1, 0.15) is 0 Å². The third-order valence-electron chi connectivity index (χ3n) is 8.48. The Morgan fingerprint density at radius 2 is 0.481 bits per heavy atom. The lowest BCUT2D eigenvalue weighted by Gasteiger charge is -2.08. The lowest BCUT2D eigenvalue weighted by Crippen LogP contribution is -2.26. The molecule has 0 aliphatic heterocycles. The second-order valence-corrected chi connectivity index (χ2v) is 13.2. The van der Waals surface area contributed by atoms with E-state index in [1.165, 1.54) is 14.2 Å². The number of hydrogen-bond acceptors (Lipinski definition) is 9. The van der Waals surface area contributed by atoms with Crippen molar-refractivity contribution in [1.29, 1.82) is 0 Å². The van der Waals surface area contributed by atoms with Crippen LogP contribution in [0.2, 0.25) is 0 Å². The minimum absolute atomic E-state index is 0.0194. The second kappa shape index (κ2) is 35.7. The van der Waals surface area contributed by atoms with Gasteiger partial charge in [0.2, 0.25) is 29.5 Å². The molecule has 0 bridgehead atoms. The summed E-state index contributed by atoms with van der Waals surface area (Å²) in [6.45, 7) is 3.01. The molecule has 0 rings (SSSR count). The normalized spacial score (nSPS) is 10.6. The smallest absolute Gasteiger partial charge is 0.305 e. The van der Waals surface area contributed by atoms with Gasteiger partial charge in [-0.3, -0.25) is 33.6 Å². The SMILES string of the molecule is COC(=O)CCCCCNC(=O)CCCCCNC(=O)CCCCCNC(=O)CCCCCNC(=O)CCCCCNC(=O)CCCCC(=O)OC. The molecule has 0 radical (unpaired) electrons. The van der Waals surface area contributed by atoms with Crippen molar-refractivity contribution >= 4 is 41.5 Å². The molecule has 52 heavy (non-hydrogen) atoms. The highest BCUT2D eigenvalue weighted by atomic mass is 16.5. The fourth-order valence-electron chi connectivity index (χ4n) is 5.26. The number of amides is 5. The van der Waals surface area contributed by atoms with Crippen LogP contribution in [0.15, 0.2) is 0 Å². The molecule has 0 heterocycles. The van der Waals surface area contributed by atoms with E-state index >= 15 is 0 Å². The van der Waals surface area contributed by atoms with Gasteiger partial charge in [0, 0.05) is 77.7 Å².